The molecule has 0 radical (unpaired) electrons. The quantitative estimate of drug-likeness (QED) is 0.584. The van der Waals surface area contributed by atoms with Crippen LogP contribution in [0.5, 0.6) is 0 Å². The van der Waals surface area contributed by atoms with Crippen molar-refractivity contribution >= 4 is 16.1 Å². The Morgan fingerprint density at radius 3 is 3.06 bits per heavy atom. The highest BCUT2D eigenvalue weighted by Crippen LogP contribution is 2.19. The van der Waals surface area contributed by atoms with E-state index < -0.39 is 16.2 Å². The fourth-order valence-corrected chi connectivity index (χ4v) is 3.13. The molecule has 2 heterocycles. The summed E-state index contributed by atoms with van der Waals surface area (Å²) in [6.07, 6.45) is 1.73. The number of aliphatic imine (C=N–C) groups is 1. The van der Waals surface area contributed by atoms with Gasteiger partial charge < -0.3 is 9.72 Å². The fourth-order valence-electron chi connectivity index (χ4n) is 1.67. The molecule has 0 bridgehead atoms. The Kier molecular flexibility index (Phi) is 3.58. The molecule has 1 unspecified atom stereocenters. The minimum Gasteiger partial charge on any atom is -0.376 e. The van der Waals surface area contributed by atoms with Crippen LogP contribution in [0.4, 0.5) is 0 Å². The number of rotatable bonds is 3. The normalized spacial score (nSPS) is 21.5. The molecule has 1 fully saturated rings. The summed E-state index contributed by atoms with van der Waals surface area (Å²) in [4.78, 5) is 20.2. The number of nitrogens with zero attached hydrogens (tertiary/aromatic N) is 3. The van der Waals surface area contributed by atoms with Crippen LogP contribution in [0.25, 0.3) is 0 Å². The number of hydrogen-bond donors (Lipinski definition) is 1. The van der Waals surface area contributed by atoms with E-state index in [0.29, 0.717) is 5.82 Å². The Morgan fingerprint density at radius 2 is 2.44 bits per heavy atom. The molecule has 1 saturated heterocycles. The summed E-state index contributed by atoms with van der Waals surface area (Å²) in [5.41, 5.74) is 0. The van der Waals surface area contributed by atoms with Gasteiger partial charge in [-0.05, 0) is 6.92 Å². The number of ether oxygens (including phenoxy) is 1. The van der Waals surface area contributed by atoms with Crippen LogP contribution in [0, 0.1) is 6.92 Å². The first-order valence-corrected chi connectivity index (χ1v) is 6.68. The summed E-state index contributed by atoms with van der Waals surface area (Å²) in [6, 6.07) is 0. The minimum absolute atomic E-state index is 0.0204. The second-order valence-corrected chi connectivity index (χ2v) is 5.58. The smallest absolute Gasteiger partial charge is 0.262 e. The molecule has 8 nitrogen and oxygen atoms in total. The first kappa shape index (κ1) is 12.9. The molecule has 0 spiro atoms. The number of H-pyrrole nitrogens is 1. The fraction of sp³-hybridized carbons (Fsp3) is 0.556. The summed E-state index contributed by atoms with van der Waals surface area (Å²) < 4.78 is 30.8. The van der Waals surface area contributed by atoms with Gasteiger partial charge in [0.05, 0.1) is 19.4 Å². The molecule has 0 saturated carbocycles. The van der Waals surface area contributed by atoms with E-state index >= 15 is 0 Å². The van der Waals surface area contributed by atoms with Crippen molar-refractivity contribution in [1.29, 1.82) is 0 Å². The lowest BCUT2D eigenvalue weighted by molar-refractivity contribution is 0.0358. The van der Waals surface area contributed by atoms with Crippen LogP contribution < -0.4 is 0 Å². The van der Waals surface area contributed by atoms with Gasteiger partial charge >= 0.3 is 0 Å². The number of imidazole rings is 1. The van der Waals surface area contributed by atoms with Gasteiger partial charge in [-0.3, -0.25) is 0 Å². The predicted molar refractivity (Wildman–Crippen MR) is 59.9 cm³/mol. The molecule has 2 rings (SSSR count). The number of aromatic amines is 1. The van der Waals surface area contributed by atoms with Crippen LogP contribution in [0.2, 0.25) is 0 Å². The highest BCUT2D eigenvalue weighted by molar-refractivity contribution is 7.89. The van der Waals surface area contributed by atoms with Gasteiger partial charge in [-0.1, -0.05) is 0 Å². The van der Waals surface area contributed by atoms with Crippen molar-refractivity contribution in [2.24, 2.45) is 4.99 Å². The van der Waals surface area contributed by atoms with Gasteiger partial charge in [-0.2, -0.15) is 9.30 Å². The Bertz CT molecular complexity index is 575. The molecule has 0 aromatic carbocycles. The van der Waals surface area contributed by atoms with Crippen molar-refractivity contribution < 1.29 is 17.9 Å². The zero-order chi connectivity index (χ0) is 13.2. The molecule has 0 amide bonds. The molecule has 9 heteroatoms. The number of aromatic nitrogens is 2. The lowest BCUT2D eigenvalue weighted by Gasteiger charge is -2.30. The standard InChI is InChI=1S/C9H12N4O4S/c1-7-10-4-9(12-7)18(15,16)13-2-3-17-5-8(13)11-6-14/h4,8H,2-3,5H2,1H3,(H,10,12). The average molecular weight is 272 g/mol. The highest BCUT2D eigenvalue weighted by atomic mass is 32.2. The monoisotopic (exact) mass is 272 g/mol. The van der Waals surface area contributed by atoms with Crippen LogP contribution in [-0.4, -0.2) is 54.7 Å². The van der Waals surface area contributed by atoms with E-state index in [-0.39, 0.29) is 24.8 Å². The predicted octanol–water partition coefficient (Wildman–Crippen LogP) is -0.599. The number of hydrogen-bond acceptors (Lipinski definition) is 6. The molecular weight excluding hydrogens is 260 g/mol. The molecule has 1 N–H and O–H groups in total. The molecular formula is C9H12N4O4S. The molecule has 18 heavy (non-hydrogen) atoms. The Hall–Kier alpha value is -1.54. The van der Waals surface area contributed by atoms with Gasteiger partial charge in [0.2, 0.25) is 6.08 Å². The van der Waals surface area contributed by atoms with E-state index in [4.69, 9.17) is 4.74 Å². The molecule has 0 aliphatic carbocycles. The van der Waals surface area contributed by atoms with E-state index in [1.807, 2.05) is 0 Å². The first-order chi connectivity index (χ1) is 8.55. The topological polar surface area (TPSA) is 105 Å². The van der Waals surface area contributed by atoms with E-state index in [9.17, 15) is 13.2 Å². The van der Waals surface area contributed by atoms with Crippen LogP contribution in [-0.2, 0) is 19.6 Å². The largest absolute Gasteiger partial charge is 0.376 e. The number of sulfonamides is 1. The van der Waals surface area contributed by atoms with Gasteiger partial charge in [0, 0.05) is 6.54 Å². The maximum Gasteiger partial charge on any atom is 0.262 e. The van der Waals surface area contributed by atoms with Crippen molar-refractivity contribution in [3.8, 4) is 0 Å². The van der Waals surface area contributed by atoms with E-state index in [1.54, 1.807) is 6.92 Å². The number of aryl methyl sites for hydroxylation is 1. The second-order valence-electron chi connectivity index (χ2n) is 3.72. The summed E-state index contributed by atoms with van der Waals surface area (Å²) in [5.74, 6) is 0.497. The molecule has 1 atom stereocenters. The third-order valence-corrected chi connectivity index (χ3v) is 4.33. The van der Waals surface area contributed by atoms with E-state index in [1.165, 1.54) is 12.3 Å². The lowest BCUT2D eigenvalue weighted by atomic mass is 10.4. The van der Waals surface area contributed by atoms with Gasteiger partial charge in [-0.15, -0.1) is 0 Å². The zero-order valence-electron chi connectivity index (χ0n) is 9.66. The summed E-state index contributed by atoms with van der Waals surface area (Å²) in [7, 11) is -3.75. The molecule has 1 aliphatic heterocycles. The molecule has 98 valence electrons. The van der Waals surface area contributed by atoms with Crippen LogP contribution >= 0.6 is 0 Å². The number of carbonyl (C=O) groups excluding carboxylic acids is 1. The van der Waals surface area contributed by atoms with Crippen LogP contribution in [0.15, 0.2) is 16.2 Å². The van der Waals surface area contributed by atoms with Gasteiger partial charge in [0.25, 0.3) is 10.0 Å². The van der Waals surface area contributed by atoms with Crippen molar-refractivity contribution in [3.63, 3.8) is 0 Å². The van der Waals surface area contributed by atoms with Crippen molar-refractivity contribution in [2.45, 2.75) is 18.1 Å². The van der Waals surface area contributed by atoms with Crippen molar-refractivity contribution in [3.05, 3.63) is 12.0 Å². The molecule has 1 aromatic heterocycles. The van der Waals surface area contributed by atoms with Gasteiger partial charge in [-0.25, -0.2) is 18.2 Å². The van der Waals surface area contributed by atoms with E-state index in [2.05, 4.69) is 15.0 Å². The Balaban J connectivity index is 2.35. The second kappa shape index (κ2) is 4.99. The van der Waals surface area contributed by atoms with Crippen LogP contribution in [0.3, 0.4) is 0 Å². The first-order valence-electron chi connectivity index (χ1n) is 5.24. The van der Waals surface area contributed by atoms with Gasteiger partial charge in [0.1, 0.15) is 5.82 Å². The summed E-state index contributed by atoms with van der Waals surface area (Å²) >= 11 is 0. The molecule has 1 aliphatic rings. The van der Waals surface area contributed by atoms with Crippen LogP contribution in [0.1, 0.15) is 5.82 Å². The van der Waals surface area contributed by atoms with E-state index in [0.717, 1.165) is 4.31 Å². The van der Waals surface area contributed by atoms with Gasteiger partial charge in [0.15, 0.2) is 11.2 Å². The van der Waals surface area contributed by atoms with Crippen molar-refractivity contribution in [1.82, 2.24) is 14.3 Å². The highest BCUT2D eigenvalue weighted by Gasteiger charge is 2.35. The number of nitrogens with one attached hydrogen (secondary N) is 1. The van der Waals surface area contributed by atoms with Crippen molar-refractivity contribution in [2.75, 3.05) is 19.8 Å². The zero-order valence-corrected chi connectivity index (χ0v) is 10.5. The maximum absolute atomic E-state index is 12.3. The SMILES string of the molecule is Cc1ncc(S(=O)(=O)N2CCOCC2N=C=O)[nH]1. The number of morpholine rings is 1. The Morgan fingerprint density at radius 1 is 1.67 bits per heavy atom. The number of isocyanates is 1. The minimum atomic E-state index is -3.75. The molecule has 1 aromatic rings. The average Bonchev–Trinajstić information content (AvgIpc) is 2.78. The summed E-state index contributed by atoms with van der Waals surface area (Å²) in [6.45, 7) is 2.09. The third-order valence-electron chi connectivity index (χ3n) is 2.52. The third kappa shape index (κ3) is 2.34. The summed E-state index contributed by atoms with van der Waals surface area (Å²) in [5, 5.41) is -0.0204. The lowest BCUT2D eigenvalue weighted by Crippen LogP contribution is -2.47. The maximum atomic E-state index is 12.3. The Labute approximate surface area is 104 Å².